The van der Waals surface area contributed by atoms with E-state index in [0.717, 1.165) is 5.56 Å². The van der Waals surface area contributed by atoms with E-state index >= 15 is 0 Å². The highest BCUT2D eigenvalue weighted by Gasteiger charge is 2.01. The van der Waals surface area contributed by atoms with Crippen LogP contribution in [-0.2, 0) is 0 Å². The van der Waals surface area contributed by atoms with E-state index in [4.69, 9.17) is 16.9 Å². The maximum Gasteiger partial charge on any atom is 0.0991 e. The summed E-state index contributed by atoms with van der Waals surface area (Å²) < 4.78 is 0. The molecule has 2 heteroatoms. The molecule has 0 aliphatic rings. The Morgan fingerprint density at radius 1 is 1.53 bits per heavy atom. The third-order valence-corrected chi connectivity index (χ3v) is 2.57. The van der Waals surface area contributed by atoms with Gasteiger partial charge in [0.25, 0.3) is 0 Å². The first-order chi connectivity index (χ1) is 7.17. The predicted octanol–water partition coefficient (Wildman–Crippen LogP) is 3.84. The number of allylic oxidation sites excluding steroid dienone is 1. The van der Waals surface area contributed by atoms with Gasteiger partial charge in [0.1, 0.15) is 0 Å². The quantitative estimate of drug-likeness (QED) is 0.709. The Labute approximate surface area is 96.0 Å². The Hall–Kier alpha value is -1.26. The minimum absolute atomic E-state index is 0.438. The molecular formula is C13H14ClN. The number of nitriles is 1. The summed E-state index contributed by atoms with van der Waals surface area (Å²) in [4.78, 5) is 0. The zero-order valence-corrected chi connectivity index (χ0v) is 9.75. The van der Waals surface area contributed by atoms with E-state index in [9.17, 15) is 0 Å². The van der Waals surface area contributed by atoms with Gasteiger partial charge in [-0.05, 0) is 23.6 Å². The van der Waals surface area contributed by atoms with Gasteiger partial charge in [-0.15, -0.1) is 11.6 Å². The number of alkyl halides is 1. The van der Waals surface area contributed by atoms with Crippen molar-refractivity contribution in [1.82, 2.24) is 0 Å². The molecule has 0 radical (unpaired) electrons. The number of benzene rings is 1. The summed E-state index contributed by atoms with van der Waals surface area (Å²) in [5, 5.41) is 8.77. The highest BCUT2D eigenvalue weighted by Crippen LogP contribution is 2.16. The van der Waals surface area contributed by atoms with Crippen molar-refractivity contribution in [1.29, 1.82) is 5.26 Å². The van der Waals surface area contributed by atoms with Crippen LogP contribution in [0.15, 0.2) is 29.8 Å². The lowest BCUT2D eigenvalue weighted by molar-refractivity contribution is 0.778. The molecule has 0 N–H and O–H groups in total. The molecule has 1 rings (SSSR count). The Kier molecular flexibility index (Phi) is 4.39. The highest BCUT2D eigenvalue weighted by atomic mass is 35.5. The van der Waals surface area contributed by atoms with Gasteiger partial charge in [-0.3, -0.25) is 0 Å². The number of nitrogens with zero attached hydrogens (tertiary/aromatic N) is 1. The maximum absolute atomic E-state index is 8.77. The van der Waals surface area contributed by atoms with Crippen LogP contribution in [0.25, 0.3) is 6.08 Å². The number of rotatable bonds is 3. The van der Waals surface area contributed by atoms with Crippen molar-refractivity contribution in [3.8, 4) is 6.07 Å². The second-order valence-electron chi connectivity index (χ2n) is 3.74. The first-order valence-corrected chi connectivity index (χ1v) is 5.47. The van der Waals surface area contributed by atoms with Gasteiger partial charge in [0.2, 0.25) is 0 Å². The fourth-order valence-corrected chi connectivity index (χ4v) is 1.66. The SMILES string of the molecule is CC(C)C(=Cc1cccc(C#N)c1)CCl. The number of halogens is 1. The zero-order valence-electron chi connectivity index (χ0n) is 9.00. The van der Waals surface area contributed by atoms with E-state index in [1.54, 1.807) is 6.07 Å². The molecule has 0 fully saturated rings. The Balaban J connectivity index is 3.02. The van der Waals surface area contributed by atoms with E-state index in [1.165, 1.54) is 5.57 Å². The van der Waals surface area contributed by atoms with Crippen LogP contribution in [-0.4, -0.2) is 5.88 Å². The molecular weight excluding hydrogens is 206 g/mol. The van der Waals surface area contributed by atoms with Gasteiger partial charge in [-0.1, -0.05) is 37.6 Å². The third-order valence-electron chi connectivity index (χ3n) is 2.26. The molecule has 1 nitrogen and oxygen atoms in total. The molecule has 0 unspecified atom stereocenters. The summed E-state index contributed by atoms with van der Waals surface area (Å²) >= 11 is 5.85. The van der Waals surface area contributed by atoms with E-state index in [-0.39, 0.29) is 0 Å². The lowest BCUT2D eigenvalue weighted by atomic mass is 10.0. The monoisotopic (exact) mass is 219 g/mol. The number of hydrogen-bond donors (Lipinski definition) is 0. The molecule has 1 aromatic carbocycles. The van der Waals surface area contributed by atoms with Gasteiger partial charge >= 0.3 is 0 Å². The van der Waals surface area contributed by atoms with Crippen molar-refractivity contribution in [2.45, 2.75) is 13.8 Å². The predicted molar refractivity (Wildman–Crippen MR) is 64.7 cm³/mol. The van der Waals surface area contributed by atoms with Crippen molar-refractivity contribution in [3.05, 3.63) is 41.0 Å². The molecule has 0 bridgehead atoms. The highest BCUT2D eigenvalue weighted by molar-refractivity contribution is 6.19. The summed E-state index contributed by atoms with van der Waals surface area (Å²) in [5.41, 5.74) is 2.91. The van der Waals surface area contributed by atoms with Gasteiger partial charge < -0.3 is 0 Å². The van der Waals surface area contributed by atoms with Gasteiger partial charge in [0.05, 0.1) is 11.6 Å². The van der Waals surface area contributed by atoms with Crippen molar-refractivity contribution in [3.63, 3.8) is 0 Å². The van der Waals surface area contributed by atoms with E-state index < -0.39 is 0 Å². The lowest BCUT2D eigenvalue weighted by Crippen LogP contribution is -1.95. The summed E-state index contributed by atoms with van der Waals surface area (Å²) in [5.74, 6) is 0.974. The maximum atomic E-state index is 8.77. The molecule has 0 heterocycles. The summed E-state index contributed by atoms with van der Waals surface area (Å²) in [7, 11) is 0. The normalized spacial score (nSPS) is 11.5. The summed E-state index contributed by atoms with van der Waals surface area (Å²) in [6, 6.07) is 9.66. The van der Waals surface area contributed by atoms with Crippen LogP contribution in [0, 0.1) is 17.2 Å². The summed E-state index contributed by atoms with van der Waals surface area (Å²) in [6.07, 6.45) is 2.05. The fraction of sp³-hybridized carbons (Fsp3) is 0.308. The van der Waals surface area contributed by atoms with Crippen LogP contribution in [0.3, 0.4) is 0 Å². The average Bonchev–Trinajstić information content (AvgIpc) is 2.25. The van der Waals surface area contributed by atoms with Crippen molar-refractivity contribution >= 4 is 17.7 Å². The fourth-order valence-electron chi connectivity index (χ4n) is 1.27. The van der Waals surface area contributed by atoms with Crippen molar-refractivity contribution in [2.75, 3.05) is 5.88 Å². The topological polar surface area (TPSA) is 23.8 Å². The number of hydrogen-bond acceptors (Lipinski definition) is 1. The Bertz CT molecular complexity index is 399. The largest absolute Gasteiger partial charge is 0.192 e. The van der Waals surface area contributed by atoms with Gasteiger partial charge in [-0.2, -0.15) is 5.26 Å². The molecule has 0 amide bonds. The first-order valence-electron chi connectivity index (χ1n) is 4.94. The Morgan fingerprint density at radius 3 is 2.80 bits per heavy atom. The average molecular weight is 220 g/mol. The van der Waals surface area contributed by atoms with Crippen LogP contribution >= 0.6 is 11.6 Å². The molecule has 0 saturated heterocycles. The van der Waals surface area contributed by atoms with Gasteiger partial charge in [-0.25, -0.2) is 0 Å². The smallest absolute Gasteiger partial charge is 0.0991 e. The summed E-state index contributed by atoms with van der Waals surface area (Å²) in [6.45, 7) is 4.23. The molecule has 78 valence electrons. The molecule has 15 heavy (non-hydrogen) atoms. The molecule has 0 aliphatic carbocycles. The van der Waals surface area contributed by atoms with E-state index in [0.29, 0.717) is 17.4 Å². The van der Waals surface area contributed by atoms with Gasteiger partial charge in [0, 0.05) is 5.88 Å². The van der Waals surface area contributed by atoms with Crippen LogP contribution in [0.5, 0.6) is 0 Å². The van der Waals surface area contributed by atoms with Crippen molar-refractivity contribution < 1.29 is 0 Å². The molecule has 0 spiro atoms. The molecule has 0 saturated carbocycles. The minimum atomic E-state index is 0.438. The molecule has 0 aliphatic heterocycles. The van der Waals surface area contributed by atoms with Crippen LogP contribution in [0.1, 0.15) is 25.0 Å². The Morgan fingerprint density at radius 2 is 2.27 bits per heavy atom. The van der Waals surface area contributed by atoms with E-state index in [1.807, 2.05) is 18.2 Å². The zero-order chi connectivity index (χ0) is 11.3. The van der Waals surface area contributed by atoms with Gasteiger partial charge in [0.15, 0.2) is 0 Å². The third kappa shape index (κ3) is 3.42. The van der Waals surface area contributed by atoms with Crippen LogP contribution < -0.4 is 0 Å². The van der Waals surface area contributed by atoms with Crippen LogP contribution in [0.2, 0.25) is 0 Å². The van der Waals surface area contributed by atoms with Crippen molar-refractivity contribution in [2.24, 2.45) is 5.92 Å². The lowest BCUT2D eigenvalue weighted by Gasteiger charge is -2.07. The standard InChI is InChI=1S/C13H14ClN/c1-10(2)13(8-14)7-11-4-3-5-12(6-11)9-15/h3-7,10H,8H2,1-2H3. The van der Waals surface area contributed by atoms with E-state index in [2.05, 4.69) is 26.0 Å². The molecule has 1 aromatic rings. The molecule has 0 aromatic heterocycles. The second kappa shape index (κ2) is 5.58. The minimum Gasteiger partial charge on any atom is -0.192 e. The van der Waals surface area contributed by atoms with Crippen LogP contribution in [0.4, 0.5) is 0 Å². The first kappa shape index (κ1) is 11.8. The molecule has 0 atom stereocenters. The second-order valence-corrected chi connectivity index (χ2v) is 4.01.